The molecule has 4 aromatic rings. The number of pyridine rings is 1. The van der Waals surface area contributed by atoms with E-state index in [2.05, 4.69) is 53.5 Å². The maximum atomic E-state index is 12.8. The van der Waals surface area contributed by atoms with Crippen molar-refractivity contribution < 1.29 is 14.7 Å². The molecule has 1 saturated carbocycles. The lowest BCUT2D eigenvalue weighted by Gasteiger charge is -2.34. The molecule has 0 spiro atoms. The smallest absolute Gasteiger partial charge is 0.394 e. The maximum Gasteiger partial charge on any atom is 0.394 e. The Bertz CT molecular complexity index is 1360. The van der Waals surface area contributed by atoms with Crippen LogP contribution in [0, 0.1) is 5.92 Å². The third-order valence-electron chi connectivity index (χ3n) is 7.60. The molecule has 37 heavy (non-hydrogen) atoms. The Balaban J connectivity index is 1.47. The number of carboxylic acid groups (broad SMARTS) is 1. The first-order valence-electron chi connectivity index (χ1n) is 13.1. The van der Waals surface area contributed by atoms with Crippen molar-refractivity contribution in [3.63, 3.8) is 0 Å². The molecule has 0 bridgehead atoms. The van der Waals surface area contributed by atoms with Crippen LogP contribution in [-0.2, 0) is 16.1 Å². The number of hydrogen-bond acceptors (Lipinski definition) is 3. The number of hydrogen-bond donors (Lipinski definition) is 1. The molecule has 1 fully saturated rings. The third kappa shape index (κ3) is 5.72. The number of fused-ring (bicyclic) bond motifs is 1. The molecule has 5 nitrogen and oxygen atoms in total. The monoisotopic (exact) mass is 492 g/mol. The number of aliphatic carboxylic acids is 1. The number of carbonyl (C=O) groups excluding carboxylic acids is 1. The number of amides is 1. The Kier molecular flexibility index (Phi) is 7.59. The molecular formula is C32H32N2O3. The van der Waals surface area contributed by atoms with E-state index in [0.29, 0.717) is 12.5 Å². The van der Waals surface area contributed by atoms with Gasteiger partial charge in [0.15, 0.2) is 0 Å². The first-order chi connectivity index (χ1) is 18.1. The van der Waals surface area contributed by atoms with E-state index < -0.39 is 11.9 Å². The number of nitrogens with zero attached hydrogens (tertiary/aromatic N) is 2. The highest BCUT2D eigenvalue weighted by molar-refractivity contribution is 6.31. The third-order valence-corrected chi connectivity index (χ3v) is 7.60. The van der Waals surface area contributed by atoms with Crippen molar-refractivity contribution in [2.45, 2.75) is 44.6 Å². The average molecular weight is 493 g/mol. The summed E-state index contributed by atoms with van der Waals surface area (Å²) in [5.41, 5.74) is 5.24. The number of carboxylic acids is 1. The lowest BCUT2D eigenvalue weighted by Crippen LogP contribution is -2.40. The Hall–Kier alpha value is -3.99. The van der Waals surface area contributed by atoms with Crippen LogP contribution < -0.4 is 0 Å². The molecule has 1 aliphatic rings. The van der Waals surface area contributed by atoms with Crippen molar-refractivity contribution in [3.05, 3.63) is 102 Å². The zero-order valence-electron chi connectivity index (χ0n) is 20.9. The van der Waals surface area contributed by atoms with Gasteiger partial charge in [0, 0.05) is 36.2 Å². The van der Waals surface area contributed by atoms with Crippen LogP contribution in [0.3, 0.4) is 0 Å². The SMILES string of the molecule is O=C(O)C(=O)N(Cc1ccccc1)CC(c1ccc(-c2cccc3cccnc23)cc1)C1CCCCC1. The normalized spacial score (nSPS) is 14.8. The van der Waals surface area contributed by atoms with E-state index in [1.165, 1.54) is 24.2 Å². The first-order valence-corrected chi connectivity index (χ1v) is 13.1. The van der Waals surface area contributed by atoms with Crippen molar-refractivity contribution in [2.75, 3.05) is 6.54 Å². The van der Waals surface area contributed by atoms with E-state index >= 15 is 0 Å². The summed E-state index contributed by atoms with van der Waals surface area (Å²) in [7, 11) is 0. The molecule has 1 heterocycles. The van der Waals surface area contributed by atoms with Crippen molar-refractivity contribution in [1.82, 2.24) is 9.88 Å². The van der Waals surface area contributed by atoms with Crippen molar-refractivity contribution in [1.29, 1.82) is 0 Å². The van der Waals surface area contributed by atoms with E-state index in [9.17, 15) is 14.7 Å². The van der Waals surface area contributed by atoms with Crippen LogP contribution in [0.5, 0.6) is 0 Å². The van der Waals surface area contributed by atoms with Gasteiger partial charge >= 0.3 is 11.9 Å². The molecule has 1 amide bonds. The predicted molar refractivity (Wildman–Crippen MR) is 146 cm³/mol. The lowest BCUT2D eigenvalue weighted by atomic mass is 9.76. The molecule has 5 heteroatoms. The Morgan fingerprint density at radius 3 is 2.32 bits per heavy atom. The minimum absolute atomic E-state index is 0.0759. The quantitative estimate of drug-likeness (QED) is 0.292. The van der Waals surface area contributed by atoms with Gasteiger partial charge in [-0.15, -0.1) is 0 Å². The van der Waals surface area contributed by atoms with Gasteiger partial charge in [0.05, 0.1) is 5.52 Å². The van der Waals surface area contributed by atoms with E-state index in [-0.39, 0.29) is 12.5 Å². The minimum atomic E-state index is -1.41. The van der Waals surface area contributed by atoms with Crippen LogP contribution in [0.15, 0.2) is 91.1 Å². The van der Waals surface area contributed by atoms with Gasteiger partial charge in [-0.25, -0.2) is 4.79 Å². The van der Waals surface area contributed by atoms with Gasteiger partial charge in [-0.2, -0.15) is 0 Å². The van der Waals surface area contributed by atoms with Gasteiger partial charge < -0.3 is 10.0 Å². The lowest BCUT2D eigenvalue weighted by molar-refractivity contribution is -0.156. The number of para-hydroxylation sites is 1. The number of carbonyl (C=O) groups is 2. The summed E-state index contributed by atoms with van der Waals surface area (Å²) in [6.07, 6.45) is 7.59. The number of aromatic nitrogens is 1. The fraction of sp³-hybridized carbons (Fsp3) is 0.281. The van der Waals surface area contributed by atoms with Crippen molar-refractivity contribution in [3.8, 4) is 11.1 Å². The zero-order chi connectivity index (χ0) is 25.6. The largest absolute Gasteiger partial charge is 0.474 e. The predicted octanol–water partition coefficient (Wildman–Crippen LogP) is 6.68. The summed E-state index contributed by atoms with van der Waals surface area (Å²) in [5.74, 6) is -1.76. The molecule has 1 atom stereocenters. The van der Waals surface area contributed by atoms with Crippen LogP contribution in [-0.4, -0.2) is 33.4 Å². The second-order valence-corrected chi connectivity index (χ2v) is 9.98. The van der Waals surface area contributed by atoms with Crippen molar-refractivity contribution in [2.24, 2.45) is 5.92 Å². The summed E-state index contributed by atoms with van der Waals surface area (Å²) < 4.78 is 0. The zero-order valence-corrected chi connectivity index (χ0v) is 20.9. The van der Waals surface area contributed by atoms with Crippen LogP contribution in [0.1, 0.15) is 49.1 Å². The first kappa shape index (κ1) is 24.7. The van der Waals surface area contributed by atoms with Gasteiger partial charge in [0.1, 0.15) is 0 Å². The highest BCUT2D eigenvalue weighted by atomic mass is 16.4. The molecule has 1 aromatic heterocycles. The fourth-order valence-electron chi connectivity index (χ4n) is 5.71. The van der Waals surface area contributed by atoms with E-state index in [1.54, 1.807) is 0 Å². The van der Waals surface area contributed by atoms with Gasteiger partial charge in [-0.3, -0.25) is 9.78 Å². The van der Waals surface area contributed by atoms with Crippen LogP contribution in [0.4, 0.5) is 0 Å². The topological polar surface area (TPSA) is 70.5 Å². The molecular weight excluding hydrogens is 460 g/mol. The van der Waals surface area contributed by atoms with Gasteiger partial charge in [0.25, 0.3) is 0 Å². The fourth-order valence-corrected chi connectivity index (χ4v) is 5.71. The van der Waals surface area contributed by atoms with Gasteiger partial charge in [0.2, 0.25) is 0 Å². The Labute approximate surface area is 217 Å². The van der Waals surface area contributed by atoms with E-state index in [4.69, 9.17) is 0 Å². The maximum absolute atomic E-state index is 12.8. The summed E-state index contributed by atoms with van der Waals surface area (Å²) >= 11 is 0. The minimum Gasteiger partial charge on any atom is -0.474 e. The number of rotatable bonds is 7. The molecule has 3 aromatic carbocycles. The highest BCUT2D eigenvalue weighted by Gasteiger charge is 2.31. The van der Waals surface area contributed by atoms with E-state index in [0.717, 1.165) is 46.0 Å². The molecule has 188 valence electrons. The Morgan fingerprint density at radius 2 is 1.59 bits per heavy atom. The molecule has 1 aliphatic carbocycles. The standard InChI is InChI=1S/C32H32N2O3/c35-31(32(36)37)34(21-23-9-3-1-4-10-23)22-29(24-11-5-2-6-12-24)26-18-16-25(17-19-26)28-15-7-13-27-14-8-20-33-30(27)28/h1,3-4,7-10,13-20,24,29H,2,5-6,11-12,21-22H2,(H,36,37). The summed E-state index contributed by atoms with van der Waals surface area (Å²) in [6.45, 7) is 0.675. The van der Waals surface area contributed by atoms with Gasteiger partial charge in [-0.1, -0.05) is 98.1 Å². The van der Waals surface area contributed by atoms with Gasteiger partial charge in [-0.05, 0) is 41.5 Å². The second-order valence-electron chi connectivity index (χ2n) is 9.98. The van der Waals surface area contributed by atoms with Crippen LogP contribution >= 0.6 is 0 Å². The van der Waals surface area contributed by atoms with Crippen LogP contribution in [0.25, 0.3) is 22.0 Å². The molecule has 5 rings (SSSR count). The summed E-state index contributed by atoms with van der Waals surface area (Å²) in [6, 6.07) is 28.4. The summed E-state index contributed by atoms with van der Waals surface area (Å²) in [5, 5.41) is 10.7. The van der Waals surface area contributed by atoms with Crippen molar-refractivity contribution >= 4 is 22.8 Å². The second kappa shape index (κ2) is 11.4. The molecule has 0 aliphatic heterocycles. The molecule has 0 saturated heterocycles. The summed E-state index contributed by atoms with van der Waals surface area (Å²) in [4.78, 5) is 30.6. The molecule has 1 N–H and O–H groups in total. The van der Waals surface area contributed by atoms with E-state index in [1.807, 2.05) is 42.6 Å². The highest BCUT2D eigenvalue weighted by Crippen LogP contribution is 2.38. The average Bonchev–Trinajstić information content (AvgIpc) is 2.95. The molecule has 0 radical (unpaired) electrons. The number of benzene rings is 3. The Morgan fingerprint density at radius 1 is 0.865 bits per heavy atom. The molecule has 1 unspecified atom stereocenters. The van der Waals surface area contributed by atoms with Crippen LogP contribution in [0.2, 0.25) is 0 Å².